The minimum absolute atomic E-state index is 0.227. The van der Waals surface area contributed by atoms with E-state index in [9.17, 15) is 4.79 Å². The highest BCUT2D eigenvalue weighted by atomic mass is 16.5. The lowest BCUT2D eigenvalue weighted by atomic mass is 10.3. The van der Waals surface area contributed by atoms with Crippen molar-refractivity contribution >= 4 is 5.91 Å². The molecule has 1 aliphatic heterocycles. The summed E-state index contributed by atoms with van der Waals surface area (Å²) >= 11 is 0. The molecule has 2 rings (SSSR count). The van der Waals surface area contributed by atoms with Gasteiger partial charge in [0.25, 0.3) is 0 Å². The summed E-state index contributed by atoms with van der Waals surface area (Å²) < 4.78 is 5.91. The van der Waals surface area contributed by atoms with E-state index in [1.807, 2.05) is 4.90 Å². The van der Waals surface area contributed by atoms with Crippen LogP contribution >= 0.6 is 0 Å². The van der Waals surface area contributed by atoms with E-state index in [0.29, 0.717) is 6.54 Å². The van der Waals surface area contributed by atoms with Gasteiger partial charge in [-0.2, -0.15) is 0 Å². The molecule has 0 spiro atoms. The number of nitrogens with zero attached hydrogens (tertiary/aromatic N) is 2. The number of likely N-dealkylation sites (N-methyl/N-ethyl adjacent to an activating group) is 1. The van der Waals surface area contributed by atoms with Crippen molar-refractivity contribution in [2.75, 3.05) is 52.4 Å². The van der Waals surface area contributed by atoms with Crippen LogP contribution in [0.4, 0.5) is 0 Å². The number of likely N-dealkylation sites (tertiary alicyclic amines) is 1. The number of hydrogen-bond donors (Lipinski definition) is 1. The molecule has 1 saturated carbocycles. The average Bonchev–Trinajstić information content (AvgIpc) is 3.19. The van der Waals surface area contributed by atoms with Crippen LogP contribution < -0.4 is 5.32 Å². The van der Waals surface area contributed by atoms with E-state index in [1.165, 1.54) is 12.8 Å². The van der Waals surface area contributed by atoms with Crippen LogP contribution in [-0.4, -0.2) is 74.2 Å². The molecular weight excluding hydrogens is 266 g/mol. The van der Waals surface area contributed by atoms with Gasteiger partial charge in [-0.15, -0.1) is 0 Å². The predicted octanol–water partition coefficient (Wildman–Crippen LogP) is 0.945. The fourth-order valence-electron chi connectivity index (χ4n) is 2.80. The molecule has 2 aliphatic rings. The van der Waals surface area contributed by atoms with Crippen LogP contribution in [0.1, 0.15) is 33.1 Å². The summed E-state index contributed by atoms with van der Waals surface area (Å²) in [5.41, 5.74) is 0. The van der Waals surface area contributed by atoms with Crippen molar-refractivity contribution in [2.24, 2.45) is 5.92 Å². The number of hydrogen-bond acceptors (Lipinski definition) is 4. The van der Waals surface area contributed by atoms with Crippen LogP contribution in [0.15, 0.2) is 0 Å². The number of amides is 1. The standard InChI is InChI=1S/C16H31N3O2/c1-3-18(4-2)9-10-21-15-7-8-19(13-15)16(20)12-17-11-14-5-6-14/h14-15,17H,3-13H2,1-2H3. The Bertz CT molecular complexity index is 317. The number of ether oxygens (including phenoxy) is 1. The third-order valence-corrected chi connectivity index (χ3v) is 4.56. The van der Waals surface area contributed by atoms with Gasteiger partial charge in [-0.25, -0.2) is 0 Å². The first-order chi connectivity index (χ1) is 10.2. The summed E-state index contributed by atoms with van der Waals surface area (Å²) in [5.74, 6) is 1.05. The quantitative estimate of drug-likeness (QED) is 0.652. The van der Waals surface area contributed by atoms with Crippen LogP contribution in [-0.2, 0) is 9.53 Å². The van der Waals surface area contributed by atoms with Crippen molar-refractivity contribution in [3.63, 3.8) is 0 Å². The molecule has 1 heterocycles. The molecule has 5 heteroatoms. The van der Waals surface area contributed by atoms with Crippen LogP contribution in [0.25, 0.3) is 0 Å². The van der Waals surface area contributed by atoms with E-state index in [4.69, 9.17) is 4.74 Å². The first-order valence-electron chi connectivity index (χ1n) is 8.55. The zero-order valence-electron chi connectivity index (χ0n) is 13.6. The first kappa shape index (κ1) is 16.7. The summed E-state index contributed by atoms with van der Waals surface area (Å²) in [6, 6.07) is 0. The van der Waals surface area contributed by atoms with Gasteiger partial charge in [-0.05, 0) is 44.8 Å². The molecule has 0 bridgehead atoms. The molecule has 0 aromatic carbocycles. The zero-order chi connectivity index (χ0) is 15.1. The summed E-state index contributed by atoms with van der Waals surface area (Å²) in [7, 11) is 0. The molecule has 1 atom stereocenters. The number of rotatable bonds is 10. The Morgan fingerprint density at radius 2 is 2.05 bits per heavy atom. The first-order valence-corrected chi connectivity index (χ1v) is 8.55. The van der Waals surface area contributed by atoms with Crippen molar-refractivity contribution in [3.05, 3.63) is 0 Å². The van der Waals surface area contributed by atoms with Crippen molar-refractivity contribution in [3.8, 4) is 0 Å². The smallest absolute Gasteiger partial charge is 0.236 e. The van der Waals surface area contributed by atoms with Gasteiger partial charge < -0.3 is 19.9 Å². The maximum atomic E-state index is 12.1. The second-order valence-corrected chi connectivity index (χ2v) is 6.22. The normalized spacial score (nSPS) is 22.2. The monoisotopic (exact) mass is 297 g/mol. The predicted molar refractivity (Wildman–Crippen MR) is 84.3 cm³/mol. The topological polar surface area (TPSA) is 44.8 Å². The Labute approximate surface area is 129 Å². The highest BCUT2D eigenvalue weighted by Gasteiger charge is 2.27. The molecule has 1 aliphatic carbocycles. The van der Waals surface area contributed by atoms with Crippen LogP contribution in [0, 0.1) is 5.92 Å². The minimum atomic E-state index is 0.227. The highest BCUT2D eigenvalue weighted by Crippen LogP contribution is 2.27. The van der Waals surface area contributed by atoms with E-state index >= 15 is 0 Å². The maximum absolute atomic E-state index is 12.1. The van der Waals surface area contributed by atoms with Crippen molar-refractivity contribution in [1.82, 2.24) is 15.1 Å². The van der Waals surface area contributed by atoms with Crippen LogP contribution in [0.2, 0.25) is 0 Å². The Morgan fingerprint density at radius 1 is 1.29 bits per heavy atom. The number of nitrogens with one attached hydrogen (secondary N) is 1. The maximum Gasteiger partial charge on any atom is 0.236 e. The lowest BCUT2D eigenvalue weighted by Crippen LogP contribution is -2.38. The Kier molecular flexibility index (Phi) is 6.93. The molecule has 0 aromatic heterocycles. The molecular formula is C16H31N3O2. The number of carbonyl (C=O) groups is 1. The summed E-state index contributed by atoms with van der Waals surface area (Å²) in [6.07, 6.45) is 3.86. The third kappa shape index (κ3) is 5.93. The van der Waals surface area contributed by atoms with Crippen molar-refractivity contribution in [1.29, 1.82) is 0 Å². The summed E-state index contributed by atoms with van der Waals surface area (Å²) in [5, 5.41) is 3.27. The van der Waals surface area contributed by atoms with Gasteiger partial charge >= 0.3 is 0 Å². The van der Waals surface area contributed by atoms with E-state index in [2.05, 4.69) is 24.1 Å². The molecule has 2 fully saturated rings. The van der Waals surface area contributed by atoms with E-state index in [1.54, 1.807) is 0 Å². The summed E-state index contributed by atoms with van der Waals surface area (Å²) in [6.45, 7) is 11.4. The van der Waals surface area contributed by atoms with Gasteiger partial charge in [0.15, 0.2) is 0 Å². The fourth-order valence-corrected chi connectivity index (χ4v) is 2.80. The van der Waals surface area contributed by atoms with Gasteiger partial charge in [-0.1, -0.05) is 13.8 Å². The SMILES string of the molecule is CCN(CC)CCOC1CCN(C(=O)CNCC2CC2)C1. The van der Waals surface area contributed by atoms with Gasteiger partial charge in [0, 0.05) is 19.6 Å². The Balaban J connectivity index is 1.55. The minimum Gasteiger partial charge on any atom is -0.375 e. The van der Waals surface area contributed by atoms with E-state index in [-0.39, 0.29) is 12.0 Å². The number of carbonyl (C=O) groups excluding carboxylic acids is 1. The highest BCUT2D eigenvalue weighted by molar-refractivity contribution is 5.78. The summed E-state index contributed by atoms with van der Waals surface area (Å²) in [4.78, 5) is 16.4. The van der Waals surface area contributed by atoms with E-state index in [0.717, 1.165) is 58.2 Å². The lowest BCUT2D eigenvalue weighted by Gasteiger charge is -2.20. The van der Waals surface area contributed by atoms with E-state index < -0.39 is 0 Å². The van der Waals surface area contributed by atoms with Crippen LogP contribution in [0.5, 0.6) is 0 Å². The molecule has 0 radical (unpaired) electrons. The van der Waals surface area contributed by atoms with Crippen molar-refractivity contribution in [2.45, 2.75) is 39.2 Å². The average molecular weight is 297 g/mol. The Morgan fingerprint density at radius 3 is 2.71 bits per heavy atom. The zero-order valence-corrected chi connectivity index (χ0v) is 13.6. The molecule has 1 N–H and O–H groups in total. The second-order valence-electron chi connectivity index (χ2n) is 6.22. The molecule has 122 valence electrons. The molecule has 5 nitrogen and oxygen atoms in total. The third-order valence-electron chi connectivity index (χ3n) is 4.56. The second kappa shape index (κ2) is 8.71. The van der Waals surface area contributed by atoms with Gasteiger partial charge in [0.1, 0.15) is 0 Å². The molecule has 1 amide bonds. The van der Waals surface area contributed by atoms with Gasteiger partial charge in [0.05, 0.1) is 19.3 Å². The van der Waals surface area contributed by atoms with Gasteiger partial charge in [-0.3, -0.25) is 4.79 Å². The molecule has 0 aromatic rings. The largest absolute Gasteiger partial charge is 0.375 e. The fraction of sp³-hybridized carbons (Fsp3) is 0.938. The van der Waals surface area contributed by atoms with Crippen LogP contribution in [0.3, 0.4) is 0 Å². The lowest BCUT2D eigenvalue weighted by molar-refractivity contribution is -0.129. The molecule has 1 unspecified atom stereocenters. The van der Waals surface area contributed by atoms with Gasteiger partial charge in [0.2, 0.25) is 5.91 Å². The molecule has 21 heavy (non-hydrogen) atoms. The van der Waals surface area contributed by atoms with Crippen molar-refractivity contribution < 1.29 is 9.53 Å². The Hall–Kier alpha value is -0.650. The molecule has 1 saturated heterocycles.